The van der Waals surface area contributed by atoms with Crippen LogP contribution < -0.4 is 9.62 Å². The summed E-state index contributed by atoms with van der Waals surface area (Å²) >= 11 is 0. The number of amides is 1. The Labute approximate surface area is 157 Å². The Morgan fingerprint density at radius 2 is 1.78 bits per heavy atom. The summed E-state index contributed by atoms with van der Waals surface area (Å²) in [6.07, 6.45) is 0.498. The standard InChI is InChI=1S/C19H18N4O3S/c1-13-7-9-14(10-8-13)23-12-11-16-17(19(23)24)20-21-18(16)22-27(25,26)15-5-3-2-4-6-15/h2-10H,11-12H2,1H3,(H2,20,21,22). The second-order valence-electron chi connectivity index (χ2n) is 6.39. The highest BCUT2D eigenvalue weighted by Crippen LogP contribution is 2.28. The SMILES string of the molecule is Cc1ccc(N2CCc3c(NS(=O)(=O)c4ccccc4)n[nH]c3C2=O)cc1. The van der Waals surface area contributed by atoms with Gasteiger partial charge < -0.3 is 4.90 Å². The summed E-state index contributed by atoms with van der Waals surface area (Å²) in [5.41, 5.74) is 2.82. The third-order valence-electron chi connectivity index (χ3n) is 4.54. The number of sulfonamides is 1. The van der Waals surface area contributed by atoms with Gasteiger partial charge in [0.1, 0.15) is 5.69 Å². The number of aromatic nitrogens is 2. The molecular formula is C19H18N4O3S. The summed E-state index contributed by atoms with van der Waals surface area (Å²) < 4.78 is 27.5. The number of benzene rings is 2. The smallest absolute Gasteiger partial charge is 0.276 e. The van der Waals surface area contributed by atoms with Crippen molar-refractivity contribution in [3.63, 3.8) is 0 Å². The lowest BCUT2D eigenvalue weighted by atomic mass is 10.1. The van der Waals surface area contributed by atoms with Gasteiger partial charge in [0.05, 0.1) is 4.90 Å². The first-order valence-corrected chi connectivity index (χ1v) is 9.98. The molecule has 2 N–H and O–H groups in total. The van der Waals surface area contributed by atoms with E-state index in [1.54, 1.807) is 23.1 Å². The Morgan fingerprint density at radius 1 is 1.07 bits per heavy atom. The summed E-state index contributed by atoms with van der Waals surface area (Å²) in [6, 6.07) is 15.7. The van der Waals surface area contributed by atoms with Gasteiger partial charge in [-0.05, 0) is 37.6 Å². The maximum absolute atomic E-state index is 12.8. The number of fused-ring (bicyclic) bond motifs is 1. The van der Waals surface area contributed by atoms with Crippen molar-refractivity contribution in [2.24, 2.45) is 0 Å². The van der Waals surface area contributed by atoms with E-state index in [0.29, 0.717) is 24.2 Å². The summed E-state index contributed by atoms with van der Waals surface area (Å²) in [7, 11) is -3.76. The Balaban J connectivity index is 1.62. The minimum atomic E-state index is -3.76. The van der Waals surface area contributed by atoms with Crippen LogP contribution in [0.3, 0.4) is 0 Å². The van der Waals surface area contributed by atoms with Gasteiger partial charge >= 0.3 is 0 Å². The second-order valence-corrected chi connectivity index (χ2v) is 8.07. The number of nitrogens with zero attached hydrogens (tertiary/aromatic N) is 2. The maximum atomic E-state index is 12.8. The van der Waals surface area contributed by atoms with Gasteiger partial charge in [-0.1, -0.05) is 35.9 Å². The minimum absolute atomic E-state index is 0.144. The van der Waals surface area contributed by atoms with Crippen molar-refractivity contribution in [3.8, 4) is 0 Å². The van der Waals surface area contributed by atoms with Crippen LogP contribution in [0.25, 0.3) is 0 Å². The molecule has 2 heterocycles. The molecule has 3 aromatic rings. The molecule has 1 aliphatic heterocycles. The fraction of sp³-hybridized carbons (Fsp3) is 0.158. The van der Waals surface area contributed by atoms with Crippen LogP contribution in [0, 0.1) is 6.92 Å². The van der Waals surface area contributed by atoms with E-state index in [9.17, 15) is 13.2 Å². The average Bonchev–Trinajstić information content (AvgIpc) is 3.07. The van der Waals surface area contributed by atoms with Crippen molar-refractivity contribution in [3.05, 3.63) is 71.4 Å². The van der Waals surface area contributed by atoms with E-state index >= 15 is 0 Å². The van der Waals surface area contributed by atoms with Crippen LogP contribution in [-0.4, -0.2) is 31.1 Å². The molecule has 1 aromatic heterocycles. The minimum Gasteiger partial charge on any atom is -0.307 e. The molecule has 0 radical (unpaired) electrons. The van der Waals surface area contributed by atoms with Gasteiger partial charge in [-0.3, -0.25) is 14.6 Å². The van der Waals surface area contributed by atoms with Crippen molar-refractivity contribution in [1.82, 2.24) is 10.2 Å². The number of carbonyl (C=O) groups excluding carboxylic acids is 1. The Hall–Kier alpha value is -3.13. The molecule has 1 aliphatic rings. The number of hydrogen-bond acceptors (Lipinski definition) is 4. The van der Waals surface area contributed by atoms with Crippen LogP contribution in [-0.2, 0) is 16.4 Å². The van der Waals surface area contributed by atoms with Gasteiger partial charge in [-0.15, -0.1) is 0 Å². The molecule has 0 spiro atoms. The lowest BCUT2D eigenvalue weighted by Gasteiger charge is -2.26. The molecule has 2 aromatic carbocycles. The average molecular weight is 382 g/mol. The van der Waals surface area contributed by atoms with Crippen molar-refractivity contribution >= 4 is 27.4 Å². The maximum Gasteiger partial charge on any atom is 0.276 e. The van der Waals surface area contributed by atoms with Crippen molar-refractivity contribution in [2.75, 3.05) is 16.2 Å². The van der Waals surface area contributed by atoms with Gasteiger partial charge in [-0.25, -0.2) is 8.42 Å². The molecule has 27 heavy (non-hydrogen) atoms. The van der Waals surface area contributed by atoms with Crippen LogP contribution >= 0.6 is 0 Å². The van der Waals surface area contributed by atoms with E-state index < -0.39 is 10.0 Å². The molecule has 0 saturated carbocycles. The van der Waals surface area contributed by atoms with E-state index in [-0.39, 0.29) is 16.6 Å². The summed E-state index contributed by atoms with van der Waals surface area (Å²) in [6.45, 7) is 2.44. The molecule has 1 amide bonds. The zero-order chi connectivity index (χ0) is 19.0. The number of H-pyrrole nitrogens is 1. The highest BCUT2D eigenvalue weighted by molar-refractivity contribution is 7.92. The number of anilines is 2. The van der Waals surface area contributed by atoms with E-state index in [1.807, 2.05) is 31.2 Å². The van der Waals surface area contributed by atoms with Gasteiger partial charge in [0.25, 0.3) is 15.9 Å². The topological polar surface area (TPSA) is 95.2 Å². The zero-order valence-corrected chi connectivity index (χ0v) is 15.5. The van der Waals surface area contributed by atoms with Crippen molar-refractivity contribution < 1.29 is 13.2 Å². The number of hydrogen-bond donors (Lipinski definition) is 2. The van der Waals surface area contributed by atoms with Gasteiger partial charge in [0.2, 0.25) is 0 Å². The fourth-order valence-electron chi connectivity index (χ4n) is 3.09. The predicted molar refractivity (Wildman–Crippen MR) is 102 cm³/mol. The van der Waals surface area contributed by atoms with E-state index in [0.717, 1.165) is 11.3 Å². The van der Waals surface area contributed by atoms with E-state index in [1.165, 1.54) is 12.1 Å². The van der Waals surface area contributed by atoms with Crippen LogP contribution in [0.5, 0.6) is 0 Å². The molecule has 4 rings (SSSR count). The van der Waals surface area contributed by atoms with E-state index in [4.69, 9.17) is 0 Å². The monoisotopic (exact) mass is 382 g/mol. The third-order valence-corrected chi connectivity index (χ3v) is 5.90. The number of aromatic amines is 1. The Kier molecular flexibility index (Phi) is 4.19. The highest BCUT2D eigenvalue weighted by atomic mass is 32.2. The Morgan fingerprint density at radius 3 is 2.48 bits per heavy atom. The molecular weight excluding hydrogens is 364 g/mol. The predicted octanol–water partition coefficient (Wildman–Crippen LogP) is 2.72. The van der Waals surface area contributed by atoms with Crippen LogP contribution in [0.1, 0.15) is 21.6 Å². The molecule has 0 unspecified atom stereocenters. The first kappa shape index (κ1) is 17.3. The molecule has 8 heteroatoms. The number of carbonyl (C=O) groups is 1. The molecule has 7 nitrogen and oxygen atoms in total. The third kappa shape index (κ3) is 3.19. The number of aryl methyl sites for hydroxylation is 1. The first-order chi connectivity index (χ1) is 13.0. The van der Waals surface area contributed by atoms with Gasteiger partial charge in [-0.2, -0.15) is 5.10 Å². The normalized spacial score (nSPS) is 14.1. The molecule has 138 valence electrons. The second kappa shape index (κ2) is 6.55. The van der Waals surface area contributed by atoms with Crippen molar-refractivity contribution in [2.45, 2.75) is 18.2 Å². The lowest BCUT2D eigenvalue weighted by Crippen LogP contribution is -2.37. The van der Waals surface area contributed by atoms with Crippen LogP contribution in [0.2, 0.25) is 0 Å². The van der Waals surface area contributed by atoms with Crippen LogP contribution in [0.4, 0.5) is 11.5 Å². The summed E-state index contributed by atoms with van der Waals surface area (Å²) in [5, 5.41) is 6.73. The summed E-state index contributed by atoms with van der Waals surface area (Å²) in [5.74, 6) is -0.0523. The van der Waals surface area contributed by atoms with Crippen LogP contribution in [0.15, 0.2) is 59.5 Å². The lowest BCUT2D eigenvalue weighted by molar-refractivity contribution is 0.0976. The molecule has 0 aliphatic carbocycles. The number of rotatable bonds is 4. The first-order valence-electron chi connectivity index (χ1n) is 8.49. The van der Waals surface area contributed by atoms with Gasteiger partial charge in [0.15, 0.2) is 5.82 Å². The highest BCUT2D eigenvalue weighted by Gasteiger charge is 2.31. The van der Waals surface area contributed by atoms with E-state index in [2.05, 4.69) is 14.9 Å². The Bertz CT molecular complexity index is 1090. The number of nitrogens with one attached hydrogen (secondary N) is 2. The molecule has 0 bridgehead atoms. The fourth-order valence-corrected chi connectivity index (χ4v) is 4.14. The molecule has 0 saturated heterocycles. The largest absolute Gasteiger partial charge is 0.307 e. The molecule has 0 fully saturated rings. The zero-order valence-electron chi connectivity index (χ0n) is 14.6. The quantitative estimate of drug-likeness (QED) is 0.725. The van der Waals surface area contributed by atoms with Crippen molar-refractivity contribution in [1.29, 1.82) is 0 Å². The van der Waals surface area contributed by atoms with Gasteiger partial charge in [0, 0.05) is 17.8 Å². The molecule has 0 atom stereocenters. The summed E-state index contributed by atoms with van der Waals surface area (Å²) in [4.78, 5) is 14.6.